The van der Waals surface area contributed by atoms with Crippen LogP contribution in [-0.4, -0.2) is 26.8 Å². The molecular weight excluding hydrogens is 338 g/mol. The number of benzene rings is 1. The summed E-state index contributed by atoms with van der Waals surface area (Å²) in [4.78, 5) is 35.7. The molecule has 0 fully saturated rings. The highest BCUT2D eigenvalue weighted by Crippen LogP contribution is 2.26. The second kappa shape index (κ2) is 7.18. The highest BCUT2D eigenvalue weighted by Gasteiger charge is 2.11. The second-order valence-corrected chi connectivity index (χ2v) is 6.10. The Morgan fingerprint density at radius 2 is 1.80 bits per heavy atom. The van der Waals surface area contributed by atoms with E-state index in [2.05, 4.69) is 25.6 Å². The molecule has 0 aliphatic heterocycles. The summed E-state index contributed by atoms with van der Waals surface area (Å²) in [5, 5.41) is 7.79. The van der Waals surface area contributed by atoms with Crippen molar-refractivity contribution < 1.29 is 9.59 Å². The van der Waals surface area contributed by atoms with Crippen LogP contribution in [0.25, 0.3) is 11.3 Å². The van der Waals surface area contributed by atoms with Crippen molar-refractivity contribution in [3.63, 3.8) is 0 Å². The number of rotatable bonds is 4. The third-order valence-corrected chi connectivity index (χ3v) is 3.99. The number of hydrogen-bond donors (Lipinski definition) is 2. The van der Waals surface area contributed by atoms with Crippen LogP contribution in [0.4, 0.5) is 10.8 Å². The van der Waals surface area contributed by atoms with Gasteiger partial charge in [-0.1, -0.05) is 12.1 Å². The fourth-order valence-electron chi connectivity index (χ4n) is 2.14. The first kappa shape index (κ1) is 16.7. The van der Waals surface area contributed by atoms with E-state index in [0.29, 0.717) is 16.6 Å². The average molecular weight is 353 g/mol. The minimum absolute atomic E-state index is 0.119. The van der Waals surface area contributed by atoms with Gasteiger partial charge < -0.3 is 5.32 Å². The first-order chi connectivity index (χ1) is 12.0. The fraction of sp³-hybridized carbons (Fsp3) is 0.118. The number of carbonyl (C=O) groups is 2. The standard InChI is InChI=1S/C17H15N5O2S/c1-10-18-8-7-14(19-10)16(24)22-17-21-15(9-25-17)12-3-5-13(6-4-12)20-11(2)23/h3-9H,1-2H3,(H,20,23)(H,21,22,24). The van der Waals surface area contributed by atoms with Crippen molar-refractivity contribution in [2.24, 2.45) is 0 Å². The molecule has 0 spiro atoms. The molecule has 3 aromatic rings. The lowest BCUT2D eigenvalue weighted by Crippen LogP contribution is -2.14. The van der Waals surface area contributed by atoms with E-state index in [1.807, 2.05) is 17.5 Å². The number of amides is 2. The van der Waals surface area contributed by atoms with Gasteiger partial charge in [0.05, 0.1) is 5.69 Å². The number of aromatic nitrogens is 3. The van der Waals surface area contributed by atoms with Crippen LogP contribution >= 0.6 is 11.3 Å². The zero-order chi connectivity index (χ0) is 17.8. The Morgan fingerprint density at radius 3 is 2.48 bits per heavy atom. The van der Waals surface area contributed by atoms with E-state index in [1.165, 1.54) is 18.3 Å². The molecule has 0 atom stereocenters. The molecule has 2 heterocycles. The van der Waals surface area contributed by atoms with Gasteiger partial charge in [-0.15, -0.1) is 11.3 Å². The predicted octanol–water partition coefficient (Wildman–Crippen LogP) is 3.12. The molecule has 25 heavy (non-hydrogen) atoms. The van der Waals surface area contributed by atoms with Crippen molar-refractivity contribution in [3.05, 3.63) is 53.4 Å². The van der Waals surface area contributed by atoms with Crippen LogP contribution in [0.3, 0.4) is 0 Å². The summed E-state index contributed by atoms with van der Waals surface area (Å²) < 4.78 is 0. The maximum atomic E-state index is 12.2. The van der Waals surface area contributed by atoms with E-state index >= 15 is 0 Å². The van der Waals surface area contributed by atoms with Crippen LogP contribution in [0.2, 0.25) is 0 Å². The lowest BCUT2D eigenvalue weighted by molar-refractivity contribution is -0.114. The van der Waals surface area contributed by atoms with E-state index < -0.39 is 0 Å². The third kappa shape index (κ3) is 4.24. The summed E-state index contributed by atoms with van der Waals surface area (Å²) in [6.45, 7) is 3.19. The molecule has 0 radical (unpaired) electrons. The summed E-state index contributed by atoms with van der Waals surface area (Å²) in [6.07, 6.45) is 1.54. The van der Waals surface area contributed by atoms with E-state index in [-0.39, 0.29) is 11.8 Å². The van der Waals surface area contributed by atoms with Crippen molar-refractivity contribution >= 4 is 34.0 Å². The predicted molar refractivity (Wildman–Crippen MR) is 96.6 cm³/mol. The van der Waals surface area contributed by atoms with Gasteiger partial charge in [-0.2, -0.15) is 0 Å². The molecule has 3 rings (SSSR count). The first-order valence-electron chi connectivity index (χ1n) is 7.46. The maximum Gasteiger partial charge on any atom is 0.276 e. The van der Waals surface area contributed by atoms with Gasteiger partial charge in [-0.05, 0) is 25.1 Å². The van der Waals surface area contributed by atoms with Crippen LogP contribution in [0.15, 0.2) is 41.9 Å². The summed E-state index contributed by atoms with van der Waals surface area (Å²) >= 11 is 1.33. The molecule has 0 bridgehead atoms. The van der Waals surface area contributed by atoms with Gasteiger partial charge in [0.25, 0.3) is 5.91 Å². The highest BCUT2D eigenvalue weighted by molar-refractivity contribution is 7.14. The smallest absolute Gasteiger partial charge is 0.276 e. The Bertz CT molecular complexity index is 921. The van der Waals surface area contributed by atoms with Crippen molar-refractivity contribution in [2.75, 3.05) is 10.6 Å². The molecule has 0 aliphatic carbocycles. The average Bonchev–Trinajstić information content (AvgIpc) is 3.03. The number of aryl methyl sites for hydroxylation is 1. The SMILES string of the molecule is CC(=O)Nc1ccc(-c2csc(NC(=O)c3ccnc(C)n3)n2)cc1. The van der Waals surface area contributed by atoms with Gasteiger partial charge in [0.2, 0.25) is 5.91 Å². The van der Waals surface area contributed by atoms with Crippen LogP contribution in [0.5, 0.6) is 0 Å². The molecule has 1 aromatic carbocycles. The normalized spacial score (nSPS) is 10.3. The van der Waals surface area contributed by atoms with Crippen LogP contribution in [0.1, 0.15) is 23.2 Å². The van der Waals surface area contributed by atoms with Crippen molar-refractivity contribution in [1.29, 1.82) is 0 Å². The summed E-state index contributed by atoms with van der Waals surface area (Å²) in [5.74, 6) is 0.0884. The molecule has 2 amide bonds. The Kier molecular flexibility index (Phi) is 4.80. The largest absolute Gasteiger partial charge is 0.326 e. The van der Waals surface area contributed by atoms with Crippen LogP contribution < -0.4 is 10.6 Å². The number of nitrogens with one attached hydrogen (secondary N) is 2. The fourth-order valence-corrected chi connectivity index (χ4v) is 2.85. The molecule has 0 saturated heterocycles. The van der Waals surface area contributed by atoms with E-state index in [9.17, 15) is 9.59 Å². The summed E-state index contributed by atoms with van der Waals surface area (Å²) in [6, 6.07) is 8.88. The number of hydrogen-bond acceptors (Lipinski definition) is 6. The number of anilines is 2. The molecule has 2 aromatic heterocycles. The van der Waals surface area contributed by atoms with Crippen LogP contribution in [0, 0.1) is 6.92 Å². The van der Waals surface area contributed by atoms with Crippen LogP contribution in [-0.2, 0) is 4.79 Å². The van der Waals surface area contributed by atoms with Gasteiger partial charge in [0.1, 0.15) is 11.5 Å². The lowest BCUT2D eigenvalue weighted by Gasteiger charge is -2.03. The number of nitrogens with zero attached hydrogens (tertiary/aromatic N) is 3. The molecule has 0 aliphatic rings. The lowest BCUT2D eigenvalue weighted by atomic mass is 10.1. The number of carbonyl (C=O) groups excluding carboxylic acids is 2. The first-order valence-corrected chi connectivity index (χ1v) is 8.34. The molecule has 0 unspecified atom stereocenters. The Labute approximate surface area is 148 Å². The zero-order valence-corrected chi connectivity index (χ0v) is 14.4. The Morgan fingerprint density at radius 1 is 1.04 bits per heavy atom. The van der Waals surface area contributed by atoms with E-state index in [4.69, 9.17) is 0 Å². The summed E-state index contributed by atoms with van der Waals surface area (Å²) in [7, 11) is 0. The van der Waals surface area contributed by atoms with Crippen molar-refractivity contribution in [1.82, 2.24) is 15.0 Å². The minimum Gasteiger partial charge on any atom is -0.326 e. The van der Waals surface area contributed by atoms with Gasteiger partial charge >= 0.3 is 0 Å². The maximum absolute atomic E-state index is 12.2. The molecule has 7 nitrogen and oxygen atoms in total. The minimum atomic E-state index is -0.326. The molecule has 8 heteroatoms. The van der Waals surface area contributed by atoms with Gasteiger partial charge in [-0.3, -0.25) is 14.9 Å². The quantitative estimate of drug-likeness (QED) is 0.751. The zero-order valence-electron chi connectivity index (χ0n) is 13.6. The van der Waals surface area contributed by atoms with Gasteiger partial charge in [0, 0.05) is 29.8 Å². The Balaban J connectivity index is 1.72. The highest BCUT2D eigenvalue weighted by atomic mass is 32.1. The number of thiazole rings is 1. The van der Waals surface area contributed by atoms with Crippen molar-refractivity contribution in [3.8, 4) is 11.3 Å². The van der Waals surface area contributed by atoms with Crippen molar-refractivity contribution in [2.45, 2.75) is 13.8 Å². The summed E-state index contributed by atoms with van der Waals surface area (Å²) in [5.41, 5.74) is 2.65. The molecule has 126 valence electrons. The van der Waals surface area contributed by atoms with Gasteiger partial charge in [-0.25, -0.2) is 15.0 Å². The monoisotopic (exact) mass is 353 g/mol. The second-order valence-electron chi connectivity index (χ2n) is 5.24. The van der Waals surface area contributed by atoms with E-state index in [1.54, 1.807) is 31.3 Å². The van der Waals surface area contributed by atoms with Gasteiger partial charge in [0.15, 0.2) is 5.13 Å². The van der Waals surface area contributed by atoms with E-state index in [0.717, 1.165) is 16.9 Å². The Hall–Kier alpha value is -3.13. The topological polar surface area (TPSA) is 96.9 Å². The molecular formula is C17H15N5O2S. The molecule has 2 N–H and O–H groups in total. The third-order valence-electron chi connectivity index (χ3n) is 3.23. The molecule has 0 saturated carbocycles.